The smallest absolute Gasteiger partial charge is 0.376 e. The molecule has 0 aliphatic heterocycles. The Balaban J connectivity index is 2.14. The minimum Gasteiger partial charge on any atom is -0.376 e. The number of nitrogens with two attached hydrogens (primary N) is 1. The second kappa shape index (κ2) is 5.41. The largest absolute Gasteiger partial charge is 0.433 e. The fourth-order valence-electron chi connectivity index (χ4n) is 2.02. The summed E-state index contributed by atoms with van der Waals surface area (Å²) >= 11 is 0. The summed E-state index contributed by atoms with van der Waals surface area (Å²) in [6.07, 6.45) is -1.77. The van der Waals surface area contributed by atoms with Gasteiger partial charge < -0.3 is 10.1 Å². The average molecular weight is 291 g/mol. The number of ether oxygens (including phenoxy) is 1. The number of halogens is 3. The number of rotatable bonds is 5. The van der Waals surface area contributed by atoms with Crippen LogP contribution in [0.1, 0.15) is 25.0 Å². The number of methoxy groups -OCH3 is 1. The van der Waals surface area contributed by atoms with Gasteiger partial charge in [-0.05, 0) is 19.3 Å². The first-order valence-corrected chi connectivity index (χ1v) is 6.10. The van der Waals surface area contributed by atoms with E-state index in [-0.39, 0.29) is 17.4 Å². The van der Waals surface area contributed by atoms with Gasteiger partial charge in [-0.15, -0.1) is 0 Å². The van der Waals surface area contributed by atoms with Crippen LogP contribution >= 0.6 is 0 Å². The molecule has 4 N–H and O–H groups in total. The number of hydrogen-bond donors (Lipinski definition) is 3. The van der Waals surface area contributed by atoms with E-state index in [9.17, 15) is 13.2 Å². The van der Waals surface area contributed by atoms with E-state index < -0.39 is 11.9 Å². The van der Waals surface area contributed by atoms with E-state index in [2.05, 4.69) is 15.3 Å². The van der Waals surface area contributed by atoms with Crippen LogP contribution in [0.25, 0.3) is 0 Å². The summed E-state index contributed by atoms with van der Waals surface area (Å²) in [6, 6.07) is 0.850. The normalized spacial score (nSPS) is 17.4. The minimum absolute atomic E-state index is 0.0589. The predicted molar refractivity (Wildman–Crippen MR) is 66.9 cm³/mol. The SMILES string of the molecule is COC1(CNc2cc(C(F)(F)F)nc(NN)n2)CCC1. The van der Waals surface area contributed by atoms with E-state index in [0.29, 0.717) is 6.54 Å². The molecule has 1 saturated carbocycles. The molecule has 0 unspecified atom stereocenters. The number of hydrazine groups is 1. The highest BCUT2D eigenvalue weighted by Gasteiger charge is 2.37. The first-order chi connectivity index (χ1) is 9.38. The molecule has 1 heterocycles. The van der Waals surface area contributed by atoms with Crippen molar-refractivity contribution in [1.82, 2.24) is 9.97 Å². The Morgan fingerprint density at radius 2 is 2.10 bits per heavy atom. The van der Waals surface area contributed by atoms with Crippen molar-refractivity contribution in [1.29, 1.82) is 0 Å². The highest BCUT2D eigenvalue weighted by molar-refractivity contribution is 5.43. The highest BCUT2D eigenvalue weighted by Crippen LogP contribution is 2.35. The zero-order valence-corrected chi connectivity index (χ0v) is 10.9. The van der Waals surface area contributed by atoms with Crippen LogP contribution in [0.2, 0.25) is 0 Å². The molecule has 6 nitrogen and oxygen atoms in total. The molecule has 0 radical (unpaired) electrons. The van der Waals surface area contributed by atoms with Crippen LogP contribution in [0.3, 0.4) is 0 Å². The van der Waals surface area contributed by atoms with Crippen molar-refractivity contribution in [3.8, 4) is 0 Å². The zero-order valence-electron chi connectivity index (χ0n) is 10.9. The molecule has 0 amide bonds. The molecule has 0 aromatic carbocycles. The molecule has 1 aliphatic rings. The van der Waals surface area contributed by atoms with Gasteiger partial charge in [0.25, 0.3) is 0 Å². The Hall–Kier alpha value is -1.61. The summed E-state index contributed by atoms with van der Waals surface area (Å²) in [5.74, 6) is 4.85. The van der Waals surface area contributed by atoms with E-state index >= 15 is 0 Å². The van der Waals surface area contributed by atoms with Crippen LogP contribution in [0.4, 0.5) is 24.9 Å². The van der Waals surface area contributed by atoms with E-state index in [0.717, 1.165) is 25.3 Å². The number of nitrogen functional groups attached to an aromatic ring is 1. The molecule has 1 aromatic heterocycles. The first kappa shape index (κ1) is 14.8. The van der Waals surface area contributed by atoms with E-state index in [4.69, 9.17) is 10.6 Å². The maximum absolute atomic E-state index is 12.7. The van der Waals surface area contributed by atoms with Gasteiger partial charge in [0.05, 0.1) is 5.60 Å². The van der Waals surface area contributed by atoms with E-state index in [1.54, 1.807) is 7.11 Å². The fourth-order valence-corrected chi connectivity index (χ4v) is 2.02. The quantitative estimate of drug-likeness (QED) is 0.566. The maximum atomic E-state index is 12.7. The lowest BCUT2D eigenvalue weighted by Crippen LogP contribution is -2.45. The molecule has 9 heteroatoms. The van der Waals surface area contributed by atoms with Crippen LogP contribution in [0, 0.1) is 0 Å². The molecule has 0 spiro atoms. The number of alkyl halides is 3. The average Bonchev–Trinajstić information content (AvgIpc) is 2.36. The van der Waals surface area contributed by atoms with Crippen LogP contribution in [0.5, 0.6) is 0 Å². The molecule has 0 atom stereocenters. The molecular formula is C11H16F3N5O. The molecule has 2 rings (SSSR count). The third-order valence-electron chi connectivity index (χ3n) is 3.44. The molecule has 1 aromatic rings. The zero-order chi connectivity index (χ0) is 14.8. The first-order valence-electron chi connectivity index (χ1n) is 6.10. The number of aromatic nitrogens is 2. The van der Waals surface area contributed by atoms with Crippen molar-refractivity contribution in [2.75, 3.05) is 24.4 Å². The molecule has 112 valence electrons. The highest BCUT2D eigenvalue weighted by atomic mass is 19.4. The lowest BCUT2D eigenvalue weighted by atomic mass is 9.80. The molecular weight excluding hydrogens is 275 g/mol. The topological polar surface area (TPSA) is 85.1 Å². The van der Waals surface area contributed by atoms with Crippen LogP contribution in [0.15, 0.2) is 6.07 Å². The van der Waals surface area contributed by atoms with E-state index in [1.165, 1.54) is 0 Å². The third kappa shape index (κ3) is 3.10. The Bertz CT molecular complexity index is 470. The van der Waals surface area contributed by atoms with Crippen LogP contribution in [-0.4, -0.2) is 29.2 Å². The number of nitrogens with zero attached hydrogens (tertiary/aromatic N) is 2. The monoisotopic (exact) mass is 291 g/mol. The van der Waals surface area contributed by atoms with Crippen molar-refractivity contribution < 1.29 is 17.9 Å². The summed E-state index contributed by atoms with van der Waals surface area (Å²) in [5.41, 5.74) is 0.653. The Labute approximate surface area is 113 Å². The van der Waals surface area contributed by atoms with Gasteiger partial charge in [-0.1, -0.05) is 0 Å². The maximum Gasteiger partial charge on any atom is 0.433 e. The summed E-state index contributed by atoms with van der Waals surface area (Å²) < 4.78 is 43.5. The second-order valence-electron chi connectivity index (χ2n) is 4.70. The Morgan fingerprint density at radius 1 is 1.40 bits per heavy atom. The van der Waals surface area contributed by atoms with Crippen molar-refractivity contribution in [3.05, 3.63) is 11.8 Å². The standard InChI is InChI=1S/C11H16F3N5O/c1-20-10(3-2-4-10)6-16-8-5-7(11(12,13)14)17-9(18-8)19-15/h5H,2-4,6,15H2,1H3,(H2,16,17,18,19). The van der Waals surface area contributed by atoms with Gasteiger partial charge in [0, 0.05) is 19.7 Å². The number of nitrogens with one attached hydrogen (secondary N) is 2. The van der Waals surface area contributed by atoms with E-state index in [1.807, 2.05) is 5.43 Å². The number of anilines is 2. The Kier molecular flexibility index (Phi) is 4.00. The van der Waals surface area contributed by atoms with Crippen LogP contribution < -0.4 is 16.6 Å². The minimum atomic E-state index is -4.56. The van der Waals surface area contributed by atoms with Gasteiger partial charge >= 0.3 is 6.18 Å². The lowest BCUT2D eigenvalue weighted by Gasteiger charge is -2.40. The molecule has 0 bridgehead atoms. The van der Waals surface area contributed by atoms with Gasteiger partial charge in [0.1, 0.15) is 5.82 Å². The lowest BCUT2D eigenvalue weighted by molar-refractivity contribution is -0.141. The summed E-state index contributed by atoms with van der Waals surface area (Å²) in [6.45, 7) is 0.391. The second-order valence-corrected chi connectivity index (χ2v) is 4.70. The van der Waals surface area contributed by atoms with Gasteiger partial charge in [0.2, 0.25) is 5.95 Å². The summed E-state index contributed by atoms with van der Waals surface area (Å²) in [4.78, 5) is 7.13. The molecule has 1 fully saturated rings. The number of hydrogen-bond acceptors (Lipinski definition) is 6. The van der Waals surface area contributed by atoms with Gasteiger partial charge in [0.15, 0.2) is 5.69 Å². The fraction of sp³-hybridized carbons (Fsp3) is 0.636. The molecule has 0 saturated heterocycles. The van der Waals surface area contributed by atoms with Crippen molar-refractivity contribution in [2.45, 2.75) is 31.0 Å². The Morgan fingerprint density at radius 3 is 2.55 bits per heavy atom. The van der Waals surface area contributed by atoms with Gasteiger partial charge in [-0.2, -0.15) is 18.2 Å². The van der Waals surface area contributed by atoms with Crippen molar-refractivity contribution in [2.24, 2.45) is 5.84 Å². The predicted octanol–water partition coefficient (Wildman–Crippen LogP) is 1.76. The van der Waals surface area contributed by atoms with Crippen molar-refractivity contribution in [3.63, 3.8) is 0 Å². The summed E-state index contributed by atoms with van der Waals surface area (Å²) in [5, 5.41) is 2.85. The van der Waals surface area contributed by atoms with Crippen molar-refractivity contribution >= 4 is 11.8 Å². The van der Waals surface area contributed by atoms with Crippen LogP contribution in [-0.2, 0) is 10.9 Å². The third-order valence-corrected chi connectivity index (χ3v) is 3.44. The summed E-state index contributed by atoms with van der Waals surface area (Å²) in [7, 11) is 1.59. The van der Waals surface area contributed by atoms with Gasteiger partial charge in [-0.3, -0.25) is 5.43 Å². The molecule has 1 aliphatic carbocycles. The molecule has 20 heavy (non-hydrogen) atoms. The van der Waals surface area contributed by atoms with Gasteiger partial charge in [-0.25, -0.2) is 10.8 Å².